The van der Waals surface area contributed by atoms with Crippen LogP contribution in [-0.2, 0) is 9.84 Å². The average molecular weight is 260 g/mol. The van der Waals surface area contributed by atoms with Crippen molar-refractivity contribution in [3.05, 3.63) is 0 Å². The molecule has 0 aromatic carbocycles. The van der Waals surface area contributed by atoms with E-state index in [1.54, 1.807) is 0 Å². The molecule has 1 saturated heterocycles. The minimum absolute atomic E-state index is 0.232. The molecule has 2 atom stereocenters. The van der Waals surface area contributed by atoms with Crippen LogP contribution in [0.5, 0.6) is 0 Å². The maximum absolute atomic E-state index is 11.4. The maximum atomic E-state index is 11.4. The summed E-state index contributed by atoms with van der Waals surface area (Å²) < 4.78 is 22.9. The van der Waals surface area contributed by atoms with Crippen LogP contribution in [0.2, 0.25) is 0 Å². The van der Waals surface area contributed by atoms with E-state index in [-0.39, 0.29) is 6.04 Å². The van der Waals surface area contributed by atoms with E-state index < -0.39 is 9.84 Å². The van der Waals surface area contributed by atoms with Crippen molar-refractivity contribution in [2.24, 2.45) is 0 Å². The van der Waals surface area contributed by atoms with Gasteiger partial charge in [-0.25, -0.2) is 8.42 Å². The molecule has 2 unspecified atom stereocenters. The highest BCUT2D eigenvalue weighted by atomic mass is 32.2. The predicted molar refractivity (Wildman–Crippen MR) is 69.9 cm³/mol. The molecule has 0 aromatic rings. The first-order chi connectivity index (χ1) is 7.98. The summed E-state index contributed by atoms with van der Waals surface area (Å²) >= 11 is 0. The van der Waals surface area contributed by atoms with Gasteiger partial charge in [-0.1, -0.05) is 0 Å². The van der Waals surface area contributed by atoms with Crippen LogP contribution < -0.4 is 5.32 Å². The highest BCUT2D eigenvalue weighted by Crippen LogP contribution is 2.20. The van der Waals surface area contributed by atoms with Crippen molar-refractivity contribution >= 4 is 9.84 Å². The fourth-order valence-electron chi connectivity index (χ4n) is 2.44. The lowest BCUT2D eigenvalue weighted by molar-refractivity contribution is 0.190. The molecular weight excluding hydrogens is 236 g/mol. The van der Waals surface area contributed by atoms with Crippen LogP contribution in [0.25, 0.3) is 0 Å². The molecule has 2 aliphatic rings. The number of hydrogen-bond acceptors (Lipinski definition) is 4. The Hall–Kier alpha value is -0.130. The summed E-state index contributed by atoms with van der Waals surface area (Å²) in [5.74, 6) is 0.721. The van der Waals surface area contributed by atoms with Crippen LogP contribution in [0.3, 0.4) is 0 Å². The summed E-state index contributed by atoms with van der Waals surface area (Å²) in [6.45, 7) is 3.25. The first-order valence-corrected chi connectivity index (χ1v) is 8.46. The molecule has 1 N–H and O–H groups in total. The Labute approximate surface area is 105 Å². The van der Waals surface area contributed by atoms with Crippen LogP contribution in [0.15, 0.2) is 0 Å². The van der Waals surface area contributed by atoms with E-state index in [9.17, 15) is 8.42 Å². The second kappa shape index (κ2) is 5.24. The Kier molecular flexibility index (Phi) is 4.10. The Balaban J connectivity index is 1.72. The van der Waals surface area contributed by atoms with E-state index in [0.29, 0.717) is 17.5 Å². The zero-order valence-electron chi connectivity index (χ0n) is 10.9. The van der Waals surface area contributed by atoms with Gasteiger partial charge >= 0.3 is 0 Å². The zero-order chi connectivity index (χ0) is 12.5. The lowest BCUT2D eigenvalue weighted by Gasteiger charge is -2.30. The summed E-state index contributed by atoms with van der Waals surface area (Å²) in [7, 11) is -0.692. The standard InChI is InChI=1S/C12H24N2O2S/c1-10(5-7-13-11-3-4-11)14(2)12-6-8-17(15,16)9-12/h10-13H,3-9H2,1-2H3. The van der Waals surface area contributed by atoms with Crippen molar-refractivity contribution in [2.45, 2.75) is 50.7 Å². The molecule has 1 saturated carbocycles. The normalized spacial score (nSPS) is 29.7. The first kappa shape index (κ1) is 13.3. The van der Waals surface area contributed by atoms with Crippen molar-refractivity contribution in [1.82, 2.24) is 10.2 Å². The largest absolute Gasteiger partial charge is 0.314 e. The van der Waals surface area contributed by atoms with E-state index in [1.807, 2.05) is 0 Å². The van der Waals surface area contributed by atoms with E-state index in [1.165, 1.54) is 12.8 Å². The van der Waals surface area contributed by atoms with Crippen LogP contribution in [0.4, 0.5) is 0 Å². The molecule has 100 valence electrons. The van der Waals surface area contributed by atoms with Crippen molar-refractivity contribution in [3.8, 4) is 0 Å². The second-order valence-electron chi connectivity index (χ2n) is 5.59. The molecular formula is C12H24N2O2S. The van der Waals surface area contributed by atoms with Crippen LogP contribution in [-0.4, -0.2) is 56.5 Å². The fraction of sp³-hybridized carbons (Fsp3) is 1.00. The average Bonchev–Trinajstić information content (AvgIpc) is 3.01. The van der Waals surface area contributed by atoms with Gasteiger partial charge < -0.3 is 5.32 Å². The minimum atomic E-state index is -2.76. The minimum Gasteiger partial charge on any atom is -0.314 e. The van der Waals surface area contributed by atoms with E-state index in [2.05, 4.69) is 24.2 Å². The van der Waals surface area contributed by atoms with Gasteiger partial charge in [0.15, 0.2) is 9.84 Å². The second-order valence-corrected chi connectivity index (χ2v) is 7.82. The number of nitrogens with one attached hydrogen (secondary N) is 1. The van der Waals surface area contributed by atoms with Crippen molar-refractivity contribution in [1.29, 1.82) is 0 Å². The smallest absolute Gasteiger partial charge is 0.151 e. The SMILES string of the molecule is CC(CCNC1CC1)N(C)C1CCS(=O)(=O)C1. The summed E-state index contributed by atoms with van der Waals surface area (Å²) in [6, 6.07) is 1.45. The Morgan fingerprint density at radius 3 is 2.59 bits per heavy atom. The quantitative estimate of drug-likeness (QED) is 0.761. The fourth-order valence-corrected chi connectivity index (χ4v) is 4.23. The molecule has 0 aromatic heterocycles. The van der Waals surface area contributed by atoms with Gasteiger partial charge in [-0.05, 0) is 46.2 Å². The highest BCUT2D eigenvalue weighted by molar-refractivity contribution is 7.91. The van der Waals surface area contributed by atoms with Crippen molar-refractivity contribution in [2.75, 3.05) is 25.1 Å². The monoisotopic (exact) mass is 260 g/mol. The summed E-state index contributed by atoms with van der Waals surface area (Å²) in [5, 5.41) is 3.50. The van der Waals surface area contributed by atoms with E-state index in [0.717, 1.165) is 25.4 Å². The van der Waals surface area contributed by atoms with Gasteiger partial charge in [-0.15, -0.1) is 0 Å². The topological polar surface area (TPSA) is 49.4 Å². The third-order valence-electron chi connectivity index (χ3n) is 4.05. The highest BCUT2D eigenvalue weighted by Gasteiger charge is 2.32. The van der Waals surface area contributed by atoms with Crippen molar-refractivity contribution < 1.29 is 8.42 Å². The maximum Gasteiger partial charge on any atom is 0.151 e. The summed E-state index contributed by atoms with van der Waals surface area (Å²) in [6.07, 6.45) is 4.55. The third-order valence-corrected chi connectivity index (χ3v) is 5.80. The van der Waals surface area contributed by atoms with Gasteiger partial charge in [-0.2, -0.15) is 0 Å². The number of rotatable bonds is 6. The molecule has 0 spiro atoms. The summed E-state index contributed by atoms with van der Waals surface area (Å²) in [4.78, 5) is 2.25. The third kappa shape index (κ3) is 3.93. The van der Waals surface area contributed by atoms with Crippen LogP contribution in [0, 0.1) is 0 Å². The molecule has 0 radical (unpaired) electrons. The van der Waals surface area contributed by atoms with Gasteiger partial charge in [0.1, 0.15) is 0 Å². The molecule has 2 fully saturated rings. The lowest BCUT2D eigenvalue weighted by Crippen LogP contribution is -2.40. The number of nitrogens with zero attached hydrogens (tertiary/aromatic N) is 1. The molecule has 5 heteroatoms. The van der Waals surface area contributed by atoms with Crippen LogP contribution >= 0.6 is 0 Å². The van der Waals surface area contributed by atoms with Crippen molar-refractivity contribution in [3.63, 3.8) is 0 Å². The molecule has 4 nitrogen and oxygen atoms in total. The van der Waals surface area contributed by atoms with Gasteiger partial charge in [0.2, 0.25) is 0 Å². The lowest BCUT2D eigenvalue weighted by atomic mass is 10.1. The van der Waals surface area contributed by atoms with Gasteiger partial charge in [0, 0.05) is 18.1 Å². The number of sulfone groups is 1. The molecule has 1 aliphatic carbocycles. The Morgan fingerprint density at radius 2 is 2.06 bits per heavy atom. The van der Waals surface area contributed by atoms with Crippen LogP contribution in [0.1, 0.15) is 32.6 Å². The molecule has 1 heterocycles. The molecule has 0 amide bonds. The summed E-state index contributed by atoms with van der Waals surface area (Å²) in [5.41, 5.74) is 0. The van der Waals surface area contributed by atoms with E-state index in [4.69, 9.17) is 0 Å². The number of hydrogen-bond donors (Lipinski definition) is 1. The Morgan fingerprint density at radius 1 is 1.35 bits per heavy atom. The van der Waals surface area contributed by atoms with Gasteiger partial charge in [0.05, 0.1) is 11.5 Å². The molecule has 2 rings (SSSR count). The van der Waals surface area contributed by atoms with Gasteiger partial charge in [-0.3, -0.25) is 4.90 Å². The van der Waals surface area contributed by atoms with E-state index >= 15 is 0 Å². The first-order valence-electron chi connectivity index (χ1n) is 6.64. The Bertz CT molecular complexity index is 352. The molecule has 0 bridgehead atoms. The zero-order valence-corrected chi connectivity index (χ0v) is 11.7. The van der Waals surface area contributed by atoms with Gasteiger partial charge in [0.25, 0.3) is 0 Å². The molecule has 17 heavy (non-hydrogen) atoms. The molecule has 1 aliphatic heterocycles. The predicted octanol–water partition coefficient (Wildman–Crippen LogP) is 0.636.